The van der Waals surface area contributed by atoms with Crippen molar-refractivity contribution in [3.05, 3.63) is 36.4 Å². The first-order valence-electron chi connectivity index (χ1n) is 4.25. The third kappa shape index (κ3) is 2.92. The van der Waals surface area contributed by atoms with E-state index in [0.29, 0.717) is 0 Å². The molecule has 74 valence electrons. The molecule has 0 fully saturated rings. The number of rotatable bonds is 2. The monoisotopic (exact) mass is 207 g/mol. The molecule has 0 aliphatic carbocycles. The first kappa shape index (κ1) is 10.9. The summed E-state index contributed by atoms with van der Waals surface area (Å²) in [6.07, 6.45) is 1.78. The molecule has 0 saturated carbocycles. The summed E-state index contributed by atoms with van der Waals surface area (Å²) in [5, 5.41) is 0.0383. The summed E-state index contributed by atoms with van der Waals surface area (Å²) >= 11 is 1.22. The smallest absolute Gasteiger partial charge is 0.285 e. The molecule has 0 aliphatic rings. The first-order valence-corrected chi connectivity index (χ1v) is 5.07. The van der Waals surface area contributed by atoms with Crippen LogP contribution in [0.4, 0.5) is 4.79 Å². The molecule has 0 unspecified atom stereocenters. The summed E-state index contributed by atoms with van der Waals surface area (Å²) in [5.74, 6) is 0. The van der Waals surface area contributed by atoms with Crippen LogP contribution in [-0.4, -0.2) is 24.2 Å². The summed E-state index contributed by atoms with van der Waals surface area (Å²) in [4.78, 5) is 13.9. The Kier molecular flexibility index (Phi) is 3.77. The zero-order valence-electron chi connectivity index (χ0n) is 8.36. The Morgan fingerprint density at radius 3 is 2.36 bits per heavy atom. The van der Waals surface area contributed by atoms with Gasteiger partial charge in [0.25, 0.3) is 5.24 Å². The fourth-order valence-electron chi connectivity index (χ4n) is 0.864. The molecule has 1 rings (SSSR count). The highest BCUT2D eigenvalue weighted by atomic mass is 32.2. The molecule has 1 aromatic rings. The minimum absolute atomic E-state index is 0.0383. The van der Waals surface area contributed by atoms with E-state index in [-0.39, 0.29) is 5.24 Å². The summed E-state index contributed by atoms with van der Waals surface area (Å²) < 4.78 is 0. The molecule has 0 spiro atoms. The van der Waals surface area contributed by atoms with Crippen LogP contribution in [0, 0.1) is 0 Å². The van der Waals surface area contributed by atoms with Gasteiger partial charge in [-0.25, -0.2) is 0 Å². The summed E-state index contributed by atoms with van der Waals surface area (Å²) in [6, 6.07) is 7.72. The number of amides is 1. The van der Waals surface area contributed by atoms with E-state index in [4.69, 9.17) is 0 Å². The summed E-state index contributed by atoms with van der Waals surface area (Å²) in [5.41, 5.74) is 1.06. The normalized spacial score (nSPS) is 9.57. The van der Waals surface area contributed by atoms with Crippen molar-refractivity contribution in [2.45, 2.75) is 4.90 Å². The highest BCUT2D eigenvalue weighted by Crippen LogP contribution is 2.20. The van der Waals surface area contributed by atoms with Crippen molar-refractivity contribution < 1.29 is 4.79 Å². The van der Waals surface area contributed by atoms with Crippen molar-refractivity contribution >= 4 is 23.1 Å². The Labute approximate surface area is 88.6 Å². The van der Waals surface area contributed by atoms with Gasteiger partial charge in [-0.3, -0.25) is 4.79 Å². The van der Waals surface area contributed by atoms with Crippen molar-refractivity contribution in [2.75, 3.05) is 14.1 Å². The second kappa shape index (κ2) is 4.86. The zero-order valence-corrected chi connectivity index (χ0v) is 9.17. The van der Waals surface area contributed by atoms with E-state index in [0.717, 1.165) is 10.5 Å². The number of hydrogen-bond acceptors (Lipinski definition) is 2. The van der Waals surface area contributed by atoms with Crippen molar-refractivity contribution in [1.82, 2.24) is 4.90 Å². The van der Waals surface area contributed by atoms with Crippen LogP contribution in [0.3, 0.4) is 0 Å². The van der Waals surface area contributed by atoms with Gasteiger partial charge in [-0.05, 0) is 29.5 Å². The predicted octanol–water partition coefficient (Wildman–Crippen LogP) is 3.10. The number of nitrogens with zero attached hydrogens (tertiary/aromatic N) is 1. The maximum absolute atomic E-state index is 11.3. The van der Waals surface area contributed by atoms with E-state index in [1.165, 1.54) is 11.8 Å². The Hall–Kier alpha value is -1.22. The molecule has 0 heterocycles. The second-order valence-corrected chi connectivity index (χ2v) is 4.06. The van der Waals surface area contributed by atoms with E-state index in [1.807, 2.05) is 24.3 Å². The Morgan fingerprint density at radius 2 is 1.93 bits per heavy atom. The van der Waals surface area contributed by atoms with Gasteiger partial charge in [-0.1, -0.05) is 24.8 Å². The van der Waals surface area contributed by atoms with E-state index in [9.17, 15) is 4.79 Å². The lowest BCUT2D eigenvalue weighted by atomic mass is 10.2. The molecule has 0 radical (unpaired) electrons. The maximum atomic E-state index is 11.3. The molecule has 0 aliphatic heterocycles. The minimum atomic E-state index is 0.0383. The largest absolute Gasteiger partial charge is 0.339 e. The molecule has 14 heavy (non-hydrogen) atoms. The first-order chi connectivity index (χ1) is 6.63. The lowest BCUT2D eigenvalue weighted by Gasteiger charge is -2.08. The van der Waals surface area contributed by atoms with Gasteiger partial charge in [0.2, 0.25) is 0 Å². The number of carbonyl (C=O) groups excluding carboxylic acids is 1. The fourth-order valence-corrected chi connectivity index (χ4v) is 1.52. The van der Waals surface area contributed by atoms with E-state index < -0.39 is 0 Å². The van der Waals surface area contributed by atoms with Crippen molar-refractivity contribution in [3.63, 3.8) is 0 Å². The lowest BCUT2D eigenvalue weighted by molar-refractivity contribution is 0.241. The quantitative estimate of drug-likeness (QED) is 0.694. The van der Waals surface area contributed by atoms with E-state index in [2.05, 4.69) is 6.58 Å². The highest BCUT2D eigenvalue weighted by molar-refractivity contribution is 8.13. The molecule has 1 aromatic carbocycles. The third-order valence-electron chi connectivity index (χ3n) is 1.69. The van der Waals surface area contributed by atoms with Crippen molar-refractivity contribution in [2.24, 2.45) is 0 Å². The van der Waals surface area contributed by atoms with Crippen LogP contribution in [0.2, 0.25) is 0 Å². The van der Waals surface area contributed by atoms with Gasteiger partial charge in [0.15, 0.2) is 0 Å². The van der Waals surface area contributed by atoms with Gasteiger partial charge < -0.3 is 4.90 Å². The highest BCUT2D eigenvalue weighted by Gasteiger charge is 2.05. The molecule has 0 N–H and O–H groups in total. The zero-order chi connectivity index (χ0) is 10.6. The molecule has 0 saturated heterocycles. The van der Waals surface area contributed by atoms with Crippen LogP contribution in [0.1, 0.15) is 5.56 Å². The van der Waals surface area contributed by atoms with Crippen LogP contribution in [0.5, 0.6) is 0 Å². The second-order valence-electron chi connectivity index (χ2n) is 3.04. The average Bonchev–Trinajstić information content (AvgIpc) is 2.19. The predicted molar refractivity (Wildman–Crippen MR) is 61.5 cm³/mol. The van der Waals surface area contributed by atoms with E-state index >= 15 is 0 Å². The van der Waals surface area contributed by atoms with Gasteiger partial charge in [0, 0.05) is 19.0 Å². The Bertz CT molecular complexity index is 330. The van der Waals surface area contributed by atoms with Crippen molar-refractivity contribution in [1.29, 1.82) is 0 Å². The molecule has 3 heteroatoms. The lowest BCUT2D eigenvalue weighted by Crippen LogP contribution is -2.15. The molecular weight excluding hydrogens is 194 g/mol. The molecule has 2 nitrogen and oxygen atoms in total. The molecule has 0 aromatic heterocycles. The standard InChI is InChI=1S/C11H13NOS/c1-4-9-5-7-10(8-6-9)14-11(13)12(2)3/h4-8H,1H2,2-3H3. The number of thioether (sulfide) groups is 1. The number of carbonyl (C=O) groups is 1. The topological polar surface area (TPSA) is 20.3 Å². The van der Waals surface area contributed by atoms with Crippen LogP contribution in [0.15, 0.2) is 35.7 Å². The maximum Gasteiger partial charge on any atom is 0.285 e. The average molecular weight is 207 g/mol. The van der Waals surface area contributed by atoms with Gasteiger partial charge in [0.05, 0.1) is 0 Å². The molecule has 1 amide bonds. The molecular formula is C11H13NOS. The van der Waals surface area contributed by atoms with Crippen LogP contribution in [-0.2, 0) is 0 Å². The van der Waals surface area contributed by atoms with Crippen molar-refractivity contribution in [3.8, 4) is 0 Å². The molecule has 0 atom stereocenters. The number of hydrogen-bond donors (Lipinski definition) is 0. The Balaban J connectivity index is 2.69. The minimum Gasteiger partial charge on any atom is -0.339 e. The summed E-state index contributed by atoms with van der Waals surface area (Å²) in [7, 11) is 3.49. The van der Waals surface area contributed by atoms with Gasteiger partial charge >= 0.3 is 0 Å². The van der Waals surface area contributed by atoms with Crippen LogP contribution in [0.25, 0.3) is 6.08 Å². The van der Waals surface area contributed by atoms with Gasteiger partial charge in [0.1, 0.15) is 0 Å². The van der Waals surface area contributed by atoms with Gasteiger partial charge in [-0.2, -0.15) is 0 Å². The Morgan fingerprint density at radius 1 is 1.36 bits per heavy atom. The summed E-state index contributed by atoms with van der Waals surface area (Å²) in [6.45, 7) is 3.67. The fraction of sp³-hybridized carbons (Fsp3) is 0.182. The third-order valence-corrected chi connectivity index (χ3v) is 2.73. The SMILES string of the molecule is C=Cc1ccc(SC(=O)N(C)C)cc1. The van der Waals surface area contributed by atoms with E-state index in [1.54, 1.807) is 25.1 Å². The number of benzene rings is 1. The van der Waals surface area contributed by atoms with Gasteiger partial charge in [-0.15, -0.1) is 0 Å². The van der Waals surface area contributed by atoms with Crippen LogP contribution < -0.4 is 0 Å². The van der Waals surface area contributed by atoms with Crippen LogP contribution >= 0.6 is 11.8 Å². The molecule has 0 bridgehead atoms.